The molecule has 192 valence electrons. The summed E-state index contributed by atoms with van der Waals surface area (Å²) in [6.07, 6.45) is 8.16. The van der Waals surface area contributed by atoms with Crippen LogP contribution in [0.15, 0.2) is 12.2 Å². The van der Waals surface area contributed by atoms with Gasteiger partial charge < -0.3 is 14.9 Å². The first-order valence-corrected chi connectivity index (χ1v) is 13.9. The zero-order chi connectivity index (χ0) is 24.8. The van der Waals surface area contributed by atoms with E-state index in [1.54, 1.807) is 7.11 Å². The lowest BCUT2D eigenvalue weighted by Crippen LogP contribution is -2.66. The minimum atomic E-state index is -0.642. The lowest BCUT2D eigenvalue weighted by molar-refractivity contribution is -0.240. The molecule has 2 N–H and O–H groups in total. The number of ether oxygens (including phenoxy) is 1. The highest BCUT2D eigenvalue weighted by atomic mass is 16.5. The monoisotopic (exact) mass is 472 g/mol. The van der Waals surface area contributed by atoms with E-state index in [1.807, 2.05) is 0 Å². The first-order valence-electron chi connectivity index (χ1n) is 13.9. The van der Waals surface area contributed by atoms with E-state index >= 15 is 0 Å². The second kappa shape index (κ2) is 7.81. The summed E-state index contributed by atoms with van der Waals surface area (Å²) < 4.78 is 5.45. The van der Waals surface area contributed by atoms with E-state index in [9.17, 15) is 15.0 Å². The molecule has 4 heteroatoms. The molecule has 0 heterocycles. The van der Waals surface area contributed by atoms with Crippen molar-refractivity contribution in [1.82, 2.24) is 0 Å². The molecule has 5 rings (SSSR count). The van der Waals surface area contributed by atoms with Crippen molar-refractivity contribution in [2.24, 2.45) is 57.2 Å². The Morgan fingerprint density at radius 2 is 1.59 bits per heavy atom. The molecular formula is C30H48O4. The van der Waals surface area contributed by atoms with E-state index in [0.29, 0.717) is 41.9 Å². The van der Waals surface area contributed by atoms with Crippen molar-refractivity contribution in [3.63, 3.8) is 0 Å². The highest BCUT2D eigenvalue weighted by Crippen LogP contribution is 2.73. The summed E-state index contributed by atoms with van der Waals surface area (Å²) in [5, 5.41) is 21.8. The van der Waals surface area contributed by atoms with Crippen LogP contribution in [0.3, 0.4) is 0 Å². The van der Waals surface area contributed by atoms with Crippen LogP contribution in [-0.2, 0) is 9.53 Å². The molecule has 4 nitrogen and oxygen atoms in total. The number of methoxy groups -OCH3 is 1. The van der Waals surface area contributed by atoms with Gasteiger partial charge in [-0.3, -0.25) is 4.79 Å². The molecular weight excluding hydrogens is 424 g/mol. The summed E-state index contributed by atoms with van der Waals surface area (Å²) in [5.74, 6) is 2.94. The summed E-state index contributed by atoms with van der Waals surface area (Å²) in [5.41, 5.74) is 0.910. The number of hydrogen-bond donors (Lipinski definition) is 2. The van der Waals surface area contributed by atoms with Gasteiger partial charge in [-0.2, -0.15) is 0 Å². The Morgan fingerprint density at radius 3 is 2.24 bits per heavy atom. The van der Waals surface area contributed by atoms with Gasteiger partial charge in [-0.05, 0) is 116 Å². The minimum Gasteiger partial charge on any atom is -0.469 e. The number of rotatable bonds is 2. The van der Waals surface area contributed by atoms with Gasteiger partial charge in [-0.1, -0.05) is 39.8 Å². The van der Waals surface area contributed by atoms with Crippen molar-refractivity contribution in [3.05, 3.63) is 12.2 Å². The number of esters is 1. The second-order valence-corrected chi connectivity index (χ2v) is 14.2. The van der Waals surface area contributed by atoms with Crippen molar-refractivity contribution in [1.29, 1.82) is 0 Å². The van der Waals surface area contributed by atoms with Crippen molar-refractivity contribution < 1.29 is 19.7 Å². The van der Waals surface area contributed by atoms with Gasteiger partial charge in [0.2, 0.25) is 0 Å². The summed E-state index contributed by atoms with van der Waals surface area (Å²) in [7, 11) is 1.57. The van der Waals surface area contributed by atoms with Crippen LogP contribution in [0.2, 0.25) is 0 Å². The van der Waals surface area contributed by atoms with Gasteiger partial charge in [0, 0.05) is 0 Å². The first-order chi connectivity index (χ1) is 15.8. The molecule has 0 aliphatic heterocycles. The topological polar surface area (TPSA) is 66.8 Å². The predicted molar refractivity (Wildman–Crippen MR) is 134 cm³/mol. The van der Waals surface area contributed by atoms with Crippen molar-refractivity contribution in [3.8, 4) is 0 Å². The maximum Gasteiger partial charge on any atom is 0.312 e. The van der Waals surface area contributed by atoms with E-state index in [-0.39, 0.29) is 27.6 Å². The quantitative estimate of drug-likeness (QED) is 0.396. The molecule has 0 radical (unpaired) electrons. The number of aliphatic hydroxyl groups is 2. The molecule has 5 saturated carbocycles. The number of fused-ring (bicyclic) bond motifs is 7. The fourth-order valence-corrected chi connectivity index (χ4v) is 11.5. The summed E-state index contributed by atoms with van der Waals surface area (Å²) in [6.45, 7) is 15.9. The third-order valence-electron chi connectivity index (χ3n) is 12.7. The number of carbonyl (C=O) groups is 1. The maximum absolute atomic E-state index is 13.2. The molecule has 0 amide bonds. The van der Waals surface area contributed by atoms with E-state index in [2.05, 4.69) is 41.2 Å². The average molecular weight is 473 g/mol. The Bertz CT molecular complexity index is 864. The summed E-state index contributed by atoms with van der Waals surface area (Å²) >= 11 is 0. The number of carbonyl (C=O) groups excluding carboxylic acids is 1. The molecule has 0 aromatic heterocycles. The molecule has 5 aliphatic carbocycles. The Balaban J connectivity index is 1.52. The minimum absolute atomic E-state index is 0.0220. The van der Waals surface area contributed by atoms with Gasteiger partial charge in [0.05, 0.1) is 24.7 Å². The zero-order valence-electron chi connectivity index (χ0n) is 22.4. The van der Waals surface area contributed by atoms with E-state index in [4.69, 9.17) is 4.74 Å². The Hall–Kier alpha value is -0.870. The SMILES string of the molecule is C=C(C)[C@@H]1CC[C@]2(C(=O)OC)CCC3C(CCC4[C@@]3(C)CCC3C(C)(C)[C@@H](O)[C@H](O)C[C@@]34C)C12. The smallest absolute Gasteiger partial charge is 0.312 e. The lowest BCUT2D eigenvalue weighted by atomic mass is 9.36. The Morgan fingerprint density at radius 1 is 0.912 bits per heavy atom. The highest BCUT2D eigenvalue weighted by molar-refractivity contribution is 5.78. The number of hydrogen-bond acceptors (Lipinski definition) is 4. The molecule has 0 bridgehead atoms. The van der Waals surface area contributed by atoms with E-state index in [0.717, 1.165) is 32.1 Å². The van der Waals surface area contributed by atoms with E-state index in [1.165, 1.54) is 24.8 Å². The maximum atomic E-state index is 13.2. The number of allylic oxidation sites excluding steroid dienone is 1. The van der Waals surface area contributed by atoms with Crippen molar-refractivity contribution in [2.45, 2.75) is 105 Å². The fraction of sp³-hybridized carbons (Fsp3) is 0.900. The van der Waals surface area contributed by atoms with Crippen LogP contribution in [-0.4, -0.2) is 35.5 Å². The Kier molecular flexibility index (Phi) is 5.70. The third kappa shape index (κ3) is 3.00. The van der Waals surface area contributed by atoms with Gasteiger partial charge in [-0.15, -0.1) is 0 Å². The molecule has 5 unspecified atom stereocenters. The molecule has 0 aromatic carbocycles. The second-order valence-electron chi connectivity index (χ2n) is 14.2. The molecule has 0 saturated heterocycles. The van der Waals surface area contributed by atoms with Gasteiger partial charge in [0.1, 0.15) is 0 Å². The molecule has 5 fully saturated rings. The van der Waals surface area contributed by atoms with Gasteiger partial charge >= 0.3 is 5.97 Å². The normalized spacial score (nSPS) is 53.6. The predicted octanol–water partition coefficient (Wildman–Crippen LogP) is 5.76. The molecule has 34 heavy (non-hydrogen) atoms. The van der Waals surface area contributed by atoms with Crippen LogP contribution in [0.5, 0.6) is 0 Å². The van der Waals surface area contributed by atoms with Crippen molar-refractivity contribution >= 4 is 5.97 Å². The van der Waals surface area contributed by atoms with Gasteiger partial charge in [0.15, 0.2) is 0 Å². The lowest BCUT2D eigenvalue weighted by Gasteiger charge is -2.69. The van der Waals surface area contributed by atoms with Crippen molar-refractivity contribution in [2.75, 3.05) is 7.11 Å². The summed E-state index contributed by atoms with van der Waals surface area (Å²) in [4.78, 5) is 13.2. The third-order valence-corrected chi connectivity index (χ3v) is 12.7. The van der Waals surface area contributed by atoms with Crippen LogP contribution in [0.25, 0.3) is 0 Å². The van der Waals surface area contributed by atoms with Gasteiger partial charge in [0.25, 0.3) is 0 Å². The fourth-order valence-electron chi connectivity index (χ4n) is 11.5. The zero-order valence-corrected chi connectivity index (χ0v) is 22.4. The molecule has 0 aromatic rings. The largest absolute Gasteiger partial charge is 0.469 e. The van der Waals surface area contributed by atoms with E-state index < -0.39 is 12.2 Å². The van der Waals surface area contributed by atoms with Crippen LogP contribution >= 0.6 is 0 Å². The standard InChI is InChI=1S/C30H48O4/c1-17(2)18-10-14-30(26(33)34-7)15-11-20-19(24(18)30)8-9-23-28(20,5)13-12-22-27(3,4)25(32)21(31)16-29(22,23)6/h18-25,31-32H,1,8-16H2,2-7H3/t18-,19?,20?,21+,22?,23?,24?,25-,28-,29-,30-/m0/s1. The first kappa shape index (κ1) is 24.8. The molecule has 5 aliphatic rings. The van der Waals surface area contributed by atoms with Crippen LogP contribution in [0.1, 0.15) is 92.4 Å². The molecule has 11 atom stereocenters. The highest BCUT2D eigenvalue weighted by Gasteiger charge is 2.69. The van der Waals surface area contributed by atoms with Crippen LogP contribution in [0.4, 0.5) is 0 Å². The van der Waals surface area contributed by atoms with Crippen LogP contribution in [0, 0.1) is 57.2 Å². The van der Waals surface area contributed by atoms with Crippen LogP contribution < -0.4 is 0 Å². The summed E-state index contributed by atoms with van der Waals surface area (Å²) in [6, 6.07) is 0. The average Bonchev–Trinajstić information content (AvgIpc) is 3.18. The Labute approximate surface area is 206 Å². The van der Waals surface area contributed by atoms with Gasteiger partial charge in [-0.25, -0.2) is 0 Å². The molecule has 0 spiro atoms. The number of aliphatic hydroxyl groups excluding tert-OH is 2.